The fourth-order valence-electron chi connectivity index (χ4n) is 2.57. The molecular weight excluding hydrogens is 204 g/mol. The number of likely N-dealkylation sites (tertiary alicyclic amines) is 1. The van der Waals surface area contributed by atoms with Gasteiger partial charge in [0.25, 0.3) is 0 Å². The van der Waals surface area contributed by atoms with Gasteiger partial charge < -0.3 is 14.5 Å². The summed E-state index contributed by atoms with van der Waals surface area (Å²) >= 11 is 0. The standard InChI is InChI=1S/C12H22N2O2/c1-13(9-11-5-4-8-16-10-11)12(15)14-6-2-3-7-14/h11H,2-10H2,1H3. The maximum atomic E-state index is 12.0. The van der Waals surface area contributed by atoms with Crippen LogP contribution in [0.5, 0.6) is 0 Å². The minimum absolute atomic E-state index is 0.197. The molecule has 2 fully saturated rings. The molecule has 92 valence electrons. The largest absolute Gasteiger partial charge is 0.381 e. The zero-order chi connectivity index (χ0) is 11.4. The average Bonchev–Trinajstić information content (AvgIpc) is 2.83. The Morgan fingerprint density at radius 2 is 2.12 bits per heavy atom. The minimum Gasteiger partial charge on any atom is -0.381 e. The number of carbonyl (C=O) groups is 1. The number of rotatable bonds is 2. The highest BCUT2D eigenvalue weighted by Crippen LogP contribution is 2.16. The van der Waals surface area contributed by atoms with Gasteiger partial charge in [0.15, 0.2) is 0 Å². The summed E-state index contributed by atoms with van der Waals surface area (Å²) in [5, 5.41) is 0. The number of amides is 2. The summed E-state index contributed by atoms with van der Waals surface area (Å²) in [5.74, 6) is 0.533. The monoisotopic (exact) mass is 226 g/mol. The molecule has 0 aromatic heterocycles. The molecule has 4 heteroatoms. The lowest BCUT2D eigenvalue weighted by Gasteiger charge is -2.29. The lowest BCUT2D eigenvalue weighted by atomic mass is 10.0. The third-order valence-electron chi connectivity index (χ3n) is 3.49. The van der Waals surface area contributed by atoms with E-state index in [2.05, 4.69) is 0 Å². The highest BCUT2D eigenvalue weighted by atomic mass is 16.5. The molecule has 0 aliphatic carbocycles. The number of ether oxygens (including phenoxy) is 1. The number of nitrogens with zero attached hydrogens (tertiary/aromatic N) is 2. The van der Waals surface area contributed by atoms with E-state index in [4.69, 9.17) is 4.74 Å². The topological polar surface area (TPSA) is 32.8 Å². The molecule has 0 spiro atoms. The fourth-order valence-corrected chi connectivity index (χ4v) is 2.57. The Kier molecular flexibility index (Phi) is 4.04. The van der Waals surface area contributed by atoms with Crippen molar-refractivity contribution < 1.29 is 9.53 Å². The molecule has 0 saturated carbocycles. The van der Waals surface area contributed by atoms with Gasteiger partial charge in [0.1, 0.15) is 0 Å². The summed E-state index contributed by atoms with van der Waals surface area (Å²) in [6.07, 6.45) is 4.65. The van der Waals surface area contributed by atoms with Crippen LogP contribution in [0.2, 0.25) is 0 Å². The molecule has 0 aromatic carbocycles. The van der Waals surface area contributed by atoms with Crippen LogP contribution in [0.25, 0.3) is 0 Å². The first kappa shape index (κ1) is 11.7. The van der Waals surface area contributed by atoms with Gasteiger partial charge in [0.05, 0.1) is 6.61 Å². The van der Waals surface area contributed by atoms with E-state index in [1.54, 1.807) is 0 Å². The Morgan fingerprint density at radius 1 is 1.38 bits per heavy atom. The van der Waals surface area contributed by atoms with Crippen LogP contribution in [0.4, 0.5) is 4.79 Å². The highest BCUT2D eigenvalue weighted by Gasteiger charge is 2.24. The molecule has 2 aliphatic rings. The van der Waals surface area contributed by atoms with Crippen LogP contribution in [-0.2, 0) is 4.74 Å². The average molecular weight is 226 g/mol. The van der Waals surface area contributed by atoms with Gasteiger partial charge in [-0.2, -0.15) is 0 Å². The number of hydrogen-bond acceptors (Lipinski definition) is 2. The molecule has 2 heterocycles. The van der Waals surface area contributed by atoms with Crippen molar-refractivity contribution in [3.8, 4) is 0 Å². The Balaban J connectivity index is 1.77. The molecule has 0 aromatic rings. The molecular formula is C12H22N2O2. The Morgan fingerprint density at radius 3 is 2.75 bits per heavy atom. The Labute approximate surface area is 97.5 Å². The van der Waals surface area contributed by atoms with Crippen LogP contribution in [-0.4, -0.2) is 55.7 Å². The first-order valence-electron chi connectivity index (χ1n) is 6.35. The molecule has 0 N–H and O–H groups in total. The van der Waals surface area contributed by atoms with Crippen LogP contribution >= 0.6 is 0 Å². The summed E-state index contributed by atoms with van der Waals surface area (Å²) in [7, 11) is 1.91. The van der Waals surface area contributed by atoms with Gasteiger partial charge in [-0.15, -0.1) is 0 Å². The number of urea groups is 1. The first-order valence-corrected chi connectivity index (χ1v) is 6.35. The van der Waals surface area contributed by atoms with Crippen LogP contribution in [0.3, 0.4) is 0 Å². The maximum Gasteiger partial charge on any atom is 0.319 e. The molecule has 2 amide bonds. The molecule has 2 saturated heterocycles. The van der Waals surface area contributed by atoms with Crippen LogP contribution in [0, 0.1) is 5.92 Å². The summed E-state index contributed by atoms with van der Waals surface area (Å²) in [4.78, 5) is 15.9. The molecule has 0 bridgehead atoms. The molecule has 16 heavy (non-hydrogen) atoms. The van der Waals surface area contributed by atoms with Crippen LogP contribution < -0.4 is 0 Å². The molecule has 1 unspecified atom stereocenters. The molecule has 2 rings (SSSR count). The lowest BCUT2D eigenvalue weighted by molar-refractivity contribution is 0.0439. The van der Waals surface area contributed by atoms with E-state index in [1.807, 2.05) is 16.8 Å². The van der Waals surface area contributed by atoms with E-state index in [-0.39, 0.29) is 6.03 Å². The van der Waals surface area contributed by atoms with Crippen LogP contribution in [0.15, 0.2) is 0 Å². The predicted octanol–water partition coefficient (Wildman–Crippen LogP) is 1.56. The van der Waals surface area contributed by atoms with Gasteiger partial charge in [-0.3, -0.25) is 0 Å². The van der Waals surface area contributed by atoms with Crippen molar-refractivity contribution in [3.05, 3.63) is 0 Å². The van der Waals surface area contributed by atoms with Gasteiger partial charge in [-0.25, -0.2) is 4.79 Å². The molecule has 4 nitrogen and oxygen atoms in total. The fraction of sp³-hybridized carbons (Fsp3) is 0.917. The van der Waals surface area contributed by atoms with Crippen molar-refractivity contribution >= 4 is 6.03 Å². The molecule has 0 radical (unpaired) electrons. The summed E-state index contributed by atoms with van der Waals surface area (Å²) < 4.78 is 5.44. The normalized spacial score (nSPS) is 25.8. The van der Waals surface area contributed by atoms with Crippen molar-refractivity contribution in [2.24, 2.45) is 5.92 Å². The van der Waals surface area contributed by atoms with Crippen molar-refractivity contribution in [2.45, 2.75) is 25.7 Å². The van der Waals surface area contributed by atoms with E-state index in [0.29, 0.717) is 5.92 Å². The highest BCUT2D eigenvalue weighted by molar-refractivity contribution is 5.74. The van der Waals surface area contributed by atoms with Gasteiger partial charge in [-0.05, 0) is 25.7 Å². The van der Waals surface area contributed by atoms with Gasteiger partial charge in [0.2, 0.25) is 0 Å². The van der Waals surface area contributed by atoms with E-state index in [9.17, 15) is 4.79 Å². The number of hydrogen-bond donors (Lipinski definition) is 0. The lowest BCUT2D eigenvalue weighted by Crippen LogP contribution is -2.42. The zero-order valence-electron chi connectivity index (χ0n) is 10.2. The molecule has 2 aliphatic heterocycles. The van der Waals surface area contributed by atoms with E-state index in [0.717, 1.165) is 52.1 Å². The minimum atomic E-state index is 0.197. The SMILES string of the molecule is CN(CC1CCCOC1)C(=O)N1CCCC1. The van der Waals surface area contributed by atoms with Gasteiger partial charge in [0, 0.05) is 39.2 Å². The second-order valence-electron chi connectivity index (χ2n) is 4.94. The number of carbonyl (C=O) groups excluding carboxylic acids is 1. The van der Waals surface area contributed by atoms with Crippen molar-refractivity contribution in [1.82, 2.24) is 9.80 Å². The zero-order valence-corrected chi connectivity index (χ0v) is 10.2. The summed E-state index contributed by atoms with van der Waals surface area (Å²) in [5.41, 5.74) is 0. The first-order chi connectivity index (χ1) is 7.77. The van der Waals surface area contributed by atoms with Gasteiger partial charge >= 0.3 is 6.03 Å². The van der Waals surface area contributed by atoms with E-state index < -0.39 is 0 Å². The van der Waals surface area contributed by atoms with Crippen molar-refractivity contribution in [2.75, 3.05) is 39.9 Å². The Hall–Kier alpha value is -0.770. The predicted molar refractivity (Wildman–Crippen MR) is 62.4 cm³/mol. The Bertz CT molecular complexity index is 233. The van der Waals surface area contributed by atoms with E-state index >= 15 is 0 Å². The van der Waals surface area contributed by atoms with Crippen LogP contribution in [0.1, 0.15) is 25.7 Å². The molecule has 1 atom stereocenters. The second kappa shape index (κ2) is 5.53. The van der Waals surface area contributed by atoms with Crippen molar-refractivity contribution in [1.29, 1.82) is 0 Å². The summed E-state index contributed by atoms with van der Waals surface area (Å²) in [6, 6.07) is 0.197. The van der Waals surface area contributed by atoms with Gasteiger partial charge in [-0.1, -0.05) is 0 Å². The van der Waals surface area contributed by atoms with Crippen molar-refractivity contribution in [3.63, 3.8) is 0 Å². The summed E-state index contributed by atoms with van der Waals surface area (Å²) in [6.45, 7) is 4.42. The quantitative estimate of drug-likeness (QED) is 0.716. The third kappa shape index (κ3) is 2.88. The maximum absolute atomic E-state index is 12.0. The smallest absolute Gasteiger partial charge is 0.319 e. The van der Waals surface area contributed by atoms with E-state index in [1.165, 1.54) is 6.42 Å². The second-order valence-corrected chi connectivity index (χ2v) is 4.94. The third-order valence-corrected chi connectivity index (χ3v) is 3.49.